The number of likely N-dealkylation sites (tertiary alicyclic amines) is 2. The molecule has 34 heavy (non-hydrogen) atoms. The van der Waals surface area contributed by atoms with Crippen LogP contribution in [-0.2, 0) is 4.79 Å². The predicted molar refractivity (Wildman–Crippen MR) is 125 cm³/mol. The number of nitrogens with zero attached hydrogens (tertiary/aromatic N) is 2. The number of carbonyl (C=O) groups excluding carboxylic acids is 3. The second kappa shape index (κ2) is 9.75. The van der Waals surface area contributed by atoms with Gasteiger partial charge in [0.1, 0.15) is 6.04 Å². The molecule has 2 aromatic rings. The molecule has 8 heteroatoms. The first-order valence-electron chi connectivity index (χ1n) is 11.9. The maximum Gasteiger partial charge on any atom is 0.253 e. The molecule has 1 atom stereocenters. The summed E-state index contributed by atoms with van der Waals surface area (Å²) in [7, 11) is 0. The number of ether oxygens (including phenoxy) is 2. The minimum absolute atomic E-state index is 0.00543. The van der Waals surface area contributed by atoms with Crippen LogP contribution in [0, 0.1) is 5.92 Å². The predicted octanol–water partition coefficient (Wildman–Crippen LogP) is 2.69. The van der Waals surface area contributed by atoms with Gasteiger partial charge in [0.05, 0.1) is 0 Å². The van der Waals surface area contributed by atoms with Crippen LogP contribution in [0.3, 0.4) is 0 Å². The second-order valence-electron chi connectivity index (χ2n) is 9.05. The first kappa shape index (κ1) is 22.3. The summed E-state index contributed by atoms with van der Waals surface area (Å²) in [5, 5.41) is 3.02. The molecule has 8 nitrogen and oxygen atoms in total. The van der Waals surface area contributed by atoms with Crippen LogP contribution in [0.5, 0.6) is 11.5 Å². The lowest BCUT2D eigenvalue weighted by Gasteiger charge is -2.37. The van der Waals surface area contributed by atoms with Gasteiger partial charge in [0.15, 0.2) is 11.5 Å². The zero-order valence-electron chi connectivity index (χ0n) is 19.1. The average molecular weight is 464 g/mol. The monoisotopic (exact) mass is 463 g/mol. The van der Waals surface area contributed by atoms with Crippen LogP contribution >= 0.6 is 0 Å². The number of hydrogen-bond acceptors (Lipinski definition) is 5. The summed E-state index contributed by atoms with van der Waals surface area (Å²) >= 11 is 0. The topological polar surface area (TPSA) is 88.2 Å². The van der Waals surface area contributed by atoms with Gasteiger partial charge in [-0.15, -0.1) is 0 Å². The molecular weight excluding hydrogens is 434 g/mol. The fourth-order valence-corrected chi connectivity index (χ4v) is 4.98. The van der Waals surface area contributed by atoms with Gasteiger partial charge < -0.3 is 24.6 Å². The highest BCUT2D eigenvalue weighted by molar-refractivity contribution is 5.98. The van der Waals surface area contributed by atoms with Gasteiger partial charge in [-0.25, -0.2) is 0 Å². The van der Waals surface area contributed by atoms with Crippen LogP contribution in [0.4, 0.5) is 0 Å². The van der Waals surface area contributed by atoms with Gasteiger partial charge in [0.25, 0.3) is 11.8 Å². The van der Waals surface area contributed by atoms with Crippen molar-refractivity contribution in [2.24, 2.45) is 5.92 Å². The molecule has 2 fully saturated rings. The Morgan fingerprint density at radius 1 is 0.824 bits per heavy atom. The van der Waals surface area contributed by atoms with Gasteiger partial charge in [-0.2, -0.15) is 0 Å². The molecule has 3 amide bonds. The molecule has 0 spiro atoms. The number of hydrogen-bond donors (Lipinski definition) is 1. The van der Waals surface area contributed by atoms with E-state index < -0.39 is 6.04 Å². The fraction of sp³-hybridized carbons (Fsp3) is 0.423. The van der Waals surface area contributed by atoms with E-state index in [-0.39, 0.29) is 30.4 Å². The molecule has 0 bridgehead atoms. The molecule has 0 saturated carbocycles. The molecule has 3 heterocycles. The van der Waals surface area contributed by atoms with Gasteiger partial charge >= 0.3 is 0 Å². The van der Waals surface area contributed by atoms with Crippen molar-refractivity contribution in [1.82, 2.24) is 15.1 Å². The third kappa shape index (κ3) is 4.58. The van der Waals surface area contributed by atoms with E-state index in [0.29, 0.717) is 48.6 Å². The van der Waals surface area contributed by atoms with E-state index in [4.69, 9.17) is 9.47 Å². The van der Waals surface area contributed by atoms with Gasteiger partial charge in [0, 0.05) is 37.3 Å². The van der Waals surface area contributed by atoms with Crippen molar-refractivity contribution in [2.75, 3.05) is 33.0 Å². The molecule has 2 saturated heterocycles. The summed E-state index contributed by atoms with van der Waals surface area (Å²) in [6.45, 7) is 2.70. The minimum Gasteiger partial charge on any atom is -0.454 e. The van der Waals surface area contributed by atoms with Crippen molar-refractivity contribution in [2.45, 2.75) is 31.7 Å². The number of benzene rings is 2. The third-order valence-electron chi connectivity index (χ3n) is 6.92. The number of fused-ring (bicyclic) bond motifs is 1. The minimum atomic E-state index is -0.620. The molecule has 2 aromatic carbocycles. The van der Waals surface area contributed by atoms with E-state index in [1.807, 2.05) is 40.1 Å². The Morgan fingerprint density at radius 3 is 2.26 bits per heavy atom. The molecule has 1 unspecified atom stereocenters. The smallest absolute Gasteiger partial charge is 0.253 e. The molecule has 5 rings (SSSR count). The summed E-state index contributed by atoms with van der Waals surface area (Å²) in [4.78, 5) is 43.1. The van der Waals surface area contributed by atoms with Crippen LogP contribution in [0.1, 0.15) is 46.4 Å². The Balaban J connectivity index is 1.29. The molecule has 3 aliphatic rings. The molecule has 1 N–H and O–H groups in total. The van der Waals surface area contributed by atoms with E-state index >= 15 is 0 Å². The normalized spacial score (nSPS) is 18.6. The number of carbonyl (C=O) groups is 3. The van der Waals surface area contributed by atoms with Gasteiger partial charge in [-0.1, -0.05) is 18.2 Å². The first-order valence-corrected chi connectivity index (χ1v) is 11.9. The molecular formula is C26H29N3O5. The van der Waals surface area contributed by atoms with Crippen LogP contribution in [-0.4, -0.2) is 66.5 Å². The number of rotatable bonds is 5. The zero-order valence-corrected chi connectivity index (χ0v) is 19.1. The lowest BCUT2D eigenvalue weighted by molar-refractivity contribution is -0.134. The van der Waals surface area contributed by atoms with E-state index in [9.17, 15) is 14.4 Å². The third-order valence-corrected chi connectivity index (χ3v) is 6.92. The van der Waals surface area contributed by atoms with Gasteiger partial charge in [0.2, 0.25) is 12.7 Å². The number of piperidine rings is 1. The summed E-state index contributed by atoms with van der Waals surface area (Å²) in [5.41, 5.74) is 1.10. The van der Waals surface area contributed by atoms with Gasteiger partial charge in [-0.05, 0) is 61.9 Å². The average Bonchev–Trinajstić information content (AvgIpc) is 3.59. The summed E-state index contributed by atoms with van der Waals surface area (Å²) < 4.78 is 10.7. The quantitative estimate of drug-likeness (QED) is 0.737. The highest BCUT2D eigenvalue weighted by atomic mass is 16.7. The second-order valence-corrected chi connectivity index (χ2v) is 9.05. The van der Waals surface area contributed by atoms with Crippen molar-refractivity contribution >= 4 is 17.7 Å². The summed E-state index contributed by atoms with van der Waals surface area (Å²) in [6.07, 6.45) is 3.28. The summed E-state index contributed by atoms with van der Waals surface area (Å²) in [5.74, 6) is 0.773. The van der Waals surface area contributed by atoms with Crippen molar-refractivity contribution in [3.63, 3.8) is 0 Å². The van der Waals surface area contributed by atoms with Crippen molar-refractivity contribution in [3.8, 4) is 11.5 Å². The van der Waals surface area contributed by atoms with E-state index in [0.717, 1.165) is 25.9 Å². The van der Waals surface area contributed by atoms with Crippen LogP contribution in [0.15, 0.2) is 48.5 Å². The van der Waals surface area contributed by atoms with Crippen molar-refractivity contribution < 1.29 is 23.9 Å². The Bertz CT molecular complexity index is 1060. The Labute approximate surface area is 198 Å². The van der Waals surface area contributed by atoms with E-state index in [2.05, 4.69) is 5.32 Å². The molecule has 0 aliphatic carbocycles. The van der Waals surface area contributed by atoms with Gasteiger partial charge in [-0.3, -0.25) is 14.4 Å². The highest BCUT2D eigenvalue weighted by Crippen LogP contribution is 2.33. The Hall–Kier alpha value is -3.55. The summed E-state index contributed by atoms with van der Waals surface area (Å²) in [6, 6.07) is 13.7. The van der Waals surface area contributed by atoms with Crippen LogP contribution in [0.25, 0.3) is 0 Å². The highest BCUT2D eigenvalue weighted by Gasteiger charge is 2.37. The Kier molecular flexibility index (Phi) is 6.38. The maximum absolute atomic E-state index is 13.4. The van der Waals surface area contributed by atoms with Crippen LogP contribution in [0.2, 0.25) is 0 Å². The lowest BCUT2D eigenvalue weighted by Crippen LogP contribution is -2.54. The van der Waals surface area contributed by atoms with Crippen LogP contribution < -0.4 is 14.8 Å². The molecule has 0 radical (unpaired) electrons. The SMILES string of the molecule is O=C(NC(C(=O)N1CCCC1)C1CCN(C(=O)c2ccccc2)CC1)c1ccc2c(c1)OCO2. The van der Waals surface area contributed by atoms with Crippen molar-refractivity contribution in [3.05, 3.63) is 59.7 Å². The van der Waals surface area contributed by atoms with E-state index in [1.165, 1.54) is 0 Å². The molecule has 0 aromatic heterocycles. The zero-order chi connectivity index (χ0) is 23.5. The fourth-order valence-electron chi connectivity index (χ4n) is 4.98. The first-order chi connectivity index (χ1) is 16.6. The molecule has 3 aliphatic heterocycles. The standard InChI is InChI=1S/C26H29N3O5/c30-24(20-8-9-21-22(16-20)34-17-33-21)27-23(26(32)28-12-4-5-13-28)18-10-14-29(15-11-18)25(31)19-6-2-1-3-7-19/h1-3,6-9,16,18,23H,4-5,10-15,17H2,(H,27,30). The number of nitrogens with one attached hydrogen (secondary N) is 1. The van der Waals surface area contributed by atoms with E-state index in [1.54, 1.807) is 18.2 Å². The maximum atomic E-state index is 13.4. The number of amides is 3. The molecule has 178 valence electrons. The Morgan fingerprint density at radius 2 is 1.53 bits per heavy atom. The van der Waals surface area contributed by atoms with Crippen molar-refractivity contribution in [1.29, 1.82) is 0 Å². The lowest BCUT2D eigenvalue weighted by atomic mass is 9.88. The largest absolute Gasteiger partial charge is 0.454 e.